The highest BCUT2D eigenvalue weighted by atomic mass is 35.5. The molecule has 0 aliphatic carbocycles. The monoisotopic (exact) mass is 341 g/mol. The summed E-state index contributed by atoms with van der Waals surface area (Å²) in [4.78, 5) is 23.9. The predicted molar refractivity (Wildman–Crippen MR) is 84.1 cm³/mol. The van der Waals surface area contributed by atoms with Gasteiger partial charge in [0.05, 0.1) is 18.5 Å². The quantitative estimate of drug-likeness (QED) is 0.860. The van der Waals surface area contributed by atoms with Gasteiger partial charge in [0.2, 0.25) is 5.91 Å². The minimum atomic E-state index is -0.528. The van der Waals surface area contributed by atoms with E-state index in [0.717, 1.165) is 11.3 Å². The number of methoxy groups -OCH3 is 1. The molecule has 2 aromatic rings. The number of rotatable bonds is 4. The molecular weight excluding hydrogens is 329 g/mol. The van der Waals surface area contributed by atoms with Crippen LogP contribution < -0.4 is 5.32 Å². The molecule has 1 aromatic heterocycles. The smallest absolute Gasteiger partial charge is 0.348 e. The molecule has 0 aliphatic heterocycles. The number of carbonyl (C=O) groups is 2. The summed E-state index contributed by atoms with van der Waals surface area (Å²) in [6.45, 7) is 1.74. The van der Waals surface area contributed by atoms with Crippen molar-refractivity contribution in [3.05, 3.63) is 51.1 Å². The molecular formula is C15H13ClFNO3S. The lowest BCUT2D eigenvalue weighted by Crippen LogP contribution is -2.14. The second-order valence-corrected chi connectivity index (χ2v) is 6.00. The van der Waals surface area contributed by atoms with Crippen LogP contribution in [0.4, 0.5) is 9.39 Å². The summed E-state index contributed by atoms with van der Waals surface area (Å²) >= 11 is 6.99. The number of anilines is 1. The van der Waals surface area contributed by atoms with E-state index in [1.165, 1.54) is 25.3 Å². The van der Waals surface area contributed by atoms with Gasteiger partial charge in [0, 0.05) is 10.6 Å². The van der Waals surface area contributed by atoms with Crippen LogP contribution >= 0.6 is 22.9 Å². The van der Waals surface area contributed by atoms with E-state index < -0.39 is 17.7 Å². The Morgan fingerprint density at radius 3 is 2.77 bits per heavy atom. The van der Waals surface area contributed by atoms with Gasteiger partial charge in [-0.1, -0.05) is 17.7 Å². The second-order valence-electron chi connectivity index (χ2n) is 4.54. The zero-order valence-electron chi connectivity index (χ0n) is 11.9. The first-order valence-corrected chi connectivity index (χ1v) is 7.53. The molecule has 0 bridgehead atoms. The van der Waals surface area contributed by atoms with Crippen LogP contribution in [0.15, 0.2) is 24.3 Å². The number of aryl methyl sites for hydroxylation is 1. The maximum Gasteiger partial charge on any atom is 0.348 e. The van der Waals surface area contributed by atoms with Crippen molar-refractivity contribution >= 4 is 39.8 Å². The number of ether oxygens (including phenoxy) is 1. The number of hydrogen-bond acceptors (Lipinski definition) is 4. The van der Waals surface area contributed by atoms with Crippen LogP contribution in [-0.2, 0) is 16.0 Å². The van der Waals surface area contributed by atoms with Crippen LogP contribution in [0, 0.1) is 12.7 Å². The van der Waals surface area contributed by atoms with Gasteiger partial charge < -0.3 is 10.1 Å². The van der Waals surface area contributed by atoms with Crippen LogP contribution in [0.25, 0.3) is 0 Å². The molecule has 1 aromatic carbocycles. The van der Waals surface area contributed by atoms with Gasteiger partial charge in [-0.3, -0.25) is 4.79 Å². The van der Waals surface area contributed by atoms with E-state index in [1.807, 2.05) is 0 Å². The van der Waals surface area contributed by atoms with Crippen molar-refractivity contribution < 1.29 is 18.7 Å². The lowest BCUT2D eigenvalue weighted by molar-refractivity contribution is -0.115. The highest BCUT2D eigenvalue weighted by Crippen LogP contribution is 2.28. The highest BCUT2D eigenvalue weighted by Gasteiger charge is 2.16. The first-order chi connectivity index (χ1) is 10.4. The molecule has 0 aliphatic rings. The van der Waals surface area contributed by atoms with Gasteiger partial charge >= 0.3 is 5.97 Å². The lowest BCUT2D eigenvalue weighted by atomic mass is 10.1. The molecule has 0 saturated heterocycles. The standard InChI is InChI=1S/C15H13ClFNO3S/c1-8-6-13(22-14(8)15(20)21-2)18-12(19)7-9-10(16)4-3-5-11(9)17/h3-6H,7H2,1-2H3,(H,18,19). The fourth-order valence-electron chi connectivity index (χ4n) is 1.88. The van der Waals surface area contributed by atoms with Crippen molar-refractivity contribution in [2.75, 3.05) is 12.4 Å². The highest BCUT2D eigenvalue weighted by molar-refractivity contribution is 7.18. The summed E-state index contributed by atoms with van der Waals surface area (Å²) in [6, 6.07) is 5.92. The molecule has 0 atom stereocenters. The van der Waals surface area contributed by atoms with E-state index in [1.54, 1.807) is 13.0 Å². The number of hydrogen-bond donors (Lipinski definition) is 1. The number of esters is 1. The summed E-state index contributed by atoms with van der Waals surface area (Å²) < 4.78 is 18.3. The summed E-state index contributed by atoms with van der Waals surface area (Å²) in [7, 11) is 1.29. The van der Waals surface area contributed by atoms with Crippen molar-refractivity contribution in [1.82, 2.24) is 0 Å². The molecule has 1 N–H and O–H groups in total. The maximum atomic E-state index is 13.6. The number of amides is 1. The molecule has 0 radical (unpaired) electrons. The zero-order valence-corrected chi connectivity index (χ0v) is 13.5. The predicted octanol–water partition coefficient (Wildman–Crippen LogP) is 3.82. The van der Waals surface area contributed by atoms with Crippen molar-refractivity contribution in [2.45, 2.75) is 13.3 Å². The van der Waals surface area contributed by atoms with Crippen molar-refractivity contribution in [2.24, 2.45) is 0 Å². The summed E-state index contributed by atoms with van der Waals surface area (Å²) in [5, 5.41) is 3.33. The second kappa shape index (κ2) is 6.89. The van der Waals surface area contributed by atoms with E-state index in [-0.39, 0.29) is 17.0 Å². The summed E-state index contributed by atoms with van der Waals surface area (Å²) in [5.41, 5.74) is 0.846. The molecule has 4 nitrogen and oxygen atoms in total. The molecule has 7 heteroatoms. The van der Waals surface area contributed by atoms with E-state index in [9.17, 15) is 14.0 Å². The number of thiophene rings is 1. The third kappa shape index (κ3) is 3.64. The van der Waals surface area contributed by atoms with Gasteiger partial charge in [-0.25, -0.2) is 9.18 Å². The van der Waals surface area contributed by atoms with Crippen LogP contribution in [0.1, 0.15) is 20.8 Å². The fraction of sp³-hybridized carbons (Fsp3) is 0.200. The lowest BCUT2D eigenvalue weighted by Gasteiger charge is -2.06. The maximum absolute atomic E-state index is 13.6. The number of halogens is 2. The summed E-state index contributed by atoms with van der Waals surface area (Å²) in [6.07, 6.45) is -0.185. The van der Waals surface area contributed by atoms with Gasteiger partial charge in [0.15, 0.2) is 0 Å². The Morgan fingerprint density at radius 1 is 1.41 bits per heavy atom. The molecule has 1 heterocycles. The first kappa shape index (κ1) is 16.5. The minimum Gasteiger partial charge on any atom is -0.465 e. The van der Waals surface area contributed by atoms with Crippen molar-refractivity contribution in [3.8, 4) is 0 Å². The Labute approximate surface area is 135 Å². The van der Waals surface area contributed by atoms with Crippen LogP contribution in [0.3, 0.4) is 0 Å². The number of nitrogens with one attached hydrogen (secondary N) is 1. The van der Waals surface area contributed by atoms with Crippen molar-refractivity contribution in [3.63, 3.8) is 0 Å². The van der Waals surface area contributed by atoms with Crippen LogP contribution in [0.5, 0.6) is 0 Å². The molecule has 0 spiro atoms. The molecule has 22 heavy (non-hydrogen) atoms. The third-order valence-corrected chi connectivity index (χ3v) is 4.44. The first-order valence-electron chi connectivity index (χ1n) is 6.34. The Bertz CT molecular complexity index is 709. The van der Waals surface area contributed by atoms with E-state index in [2.05, 4.69) is 10.1 Å². The molecule has 0 saturated carbocycles. The SMILES string of the molecule is COC(=O)c1sc(NC(=O)Cc2c(F)cccc2Cl)cc1C. The van der Waals surface area contributed by atoms with E-state index in [4.69, 9.17) is 11.6 Å². The molecule has 0 fully saturated rings. The normalized spacial score (nSPS) is 10.4. The zero-order chi connectivity index (χ0) is 16.3. The molecule has 116 valence electrons. The minimum absolute atomic E-state index is 0.142. The van der Waals surface area contributed by atoms with Crippen molar-refractivity contribution in [1.29, 1.82) is 0 Å². The van der Waals surface area contributed by atoms with Gasteiger partial charge in [0.1, 0.15) is 10.7 Å². The van der Waals surface area contributed by atoms with Crippen LogP contribution in [0.2, 0.25) is 5.02 Å². The Hall–Kier alpha value is -1.92. The number of benzene rings is 1. The Morgan fingerprint density at radius 2 is 2.14 bits per heavy atom. The topological polar surface area (TPSA) is 55.4 Å². The summed E-state index contributed by atoms with van der Waals surface area (Å²) in [5.74, 6) is -1.40. The van der Waals surface area contributed by atoms with Gasteiger partial charge in [-0.05, 0) is 30.7 Å². The largest absolute Gasteiger partial charge is 0.465 e. The van der Waals surface area contributed by atoms with Gasteiger partial charge in [0.25, 0.3) is 0 Å². The third-order valence-electron chi connectivity index (χ3n) is 2.95. The van der Waals surface area contributed by atoms with Gasteiger partial charge in [-0.15, -0.1) is 11.3 Å². The molecule has 1 amide bonds. The Kier molecular flexibility index (Phi) is 5.15. The Balaban J connectivity index is 2.11. The average molecular weight is 342 g/mol. The van der Waals surface area contributed by atoms with Gasteiger partial charge in [-0.2, -0.15) is 0 Å². The number of carbonyl (C=O) groups excluding carboxylic acids is 2. The molecule has 2 rings (SSSR count). The molecule has 0 unspecified atom stereocenters. The van der Waals surface area contributed by atoms with E-state index in [0.29, 0.717) is 15.4 Å². The fourth-order valence-corrected chi connectivity index (χ4v) is 3.12. The van der Waals surface area contributed by atoms with Crippen LogP contribution in [-0.4, -0.2) is 19.0 Å². The van der Waals surface area contributed by atoms with E-state index >= 15 is 0 Å². The average Bonchev–Trinajstić information content (AvgIpc) is 2.83.